The van der Waals surface area contributed by atoms with Crippen LogP contribution in [0.3, 0.4) is 0 Å². The third-order valence-electron chi connectivity index (χ3n) is 2.08. The van der Waals surface area contributed by atoms with Crippen LogP contribution in [-0.2, 0) is 4.84 Å². The first-order valence-corrected chi connectivity index (χ1v) is 4.64. The lowest BCUT2D eigenvalue weighted by Crippen LogP contribution is -2.23. The van der Waals surface area contributed by atoms with Gasteiger partial charge in [-0.2, -0.15) is 0 Å². The molecule has 3 nitrogen and oxygen atoms in total. The smallest absolute Gasteiger partial charge is 0.274 e. The highest BCUT2D eigenvalue weighted by molar-refractivity contribution is 5.93. The van der Waals surface area contributed by atoms with Gasteiger partial charge in [-0.3, -0.25) is 9.63 Å². The Morgan fingerprint density at radius 2 is 2.07 bits per heavy atom. The number of aryl methyl sites for hydroxylation is 2. The molecule has 0 saturated carbocycles. The fourth-order valence-electron chi connectivity index (χ4n) is 1.08. The van der Waals surface area contributed by atoms with E-state index in [-0.39, 0.29) is 5.91 Å². The minimum Gasteiger partial charge on any atom is -0.274 e. The standard InChI is InChI=1S/C11H15NO2/c1-4-14-12-11(13)10-6-5-8(2)9(3)7-10/h5-7H,4H2,1-3H3,(H,12,13). The van der Waals surface area contributed by atoms with Crippen LogP contribution < -0.4 is 5.48 Å². The Bertz CT molecular complexity index is 334. The molecule has 0 radical (unpaired) electrons. The van der Waals surface area contributed by atoms with Crippen LogP contribution >= 0.6 is 0 Å². The highest BCUT2D eigenvalue weighted by Gasteiger charge is 2.05. The van der Waals surface area contributed by atoms with Crippen molar-refractivity contribution in [1.29, 1.82) is 0 Å². The summed E-state index contributed by atoms with van der Waals surface area (Å²) in [4.78, 5) is 16.3. The number of hydrogen-bond acceptors (Lipinski definition) is 2. The van der Waals surface area contributed by atoms with Crippen LogP contribution in [0, 0.1) is 13.8 Å². The van der Waals surface area contributed by atoms with Gasteiger partial charge in [0.15, 0.2) is 0 Å². The van der Waals surface area contributed by atoms with Gasteiger partial charge in [-0.05, 0) is 44.0 Å². The summed E-state index contributed by atoms with van der Waals surface area (Å²) in [5.41, 5.74) is 5.27. The highest BCUT2D eigenvalue weighted by Crippen LogP contribution is 2.09. The van der Waals surface area contributed by atoms with Crippen molar-refractivity contribution in [3.63, 3.8) is 0 Å². The van der Waals surface area contributed by atoms with Crippen molar-refractivity contribution < 1.29 is 9.63 Å². The van der Waals surface area contributed by atoms with Crippen LogP contribution in [0.4, 0.5) is 0 Å². The maximum atomic E-state index is 11.4. The number of carbonyl (C=O) groups is 1. The normalized spacial score (nSPS) is 9.93. The zero-order chi connectivity index (χ0) is 10.6. The van der Waals surface area contributed by atoms with Crippen LogP contribution in [0.2, 0.25) is 0 Å². The quantitative estimate of drug-likeness (QED) is 0.745. The Labute approximate surface area is 84.0 Å². The van der Waals surface area contributed by atoms with Gasteiger partial charge in [0.2, 0.25) is 0 Å². The SMILES string of the molecule is CCONC(=O)c1ccc(C)c(C)c1. The molecule has 0 bridgehead atoms. The van der Waals surface area contributed by atoms with Gasteiger partial charge in [0, 0.05) is 5.56 Å². The molecule has 0 spiro atoms. The molecule has 0 fully saturated rings. The molecule has 0 aliphatic heterocycles. The minimum atomic E-state index is -0.199. The van der Waals surface area contributed by atoms with E-state index in [9.17, 15) is 4.79 Å². The summed E-state index contributed by atoms with van der Waals surface area (Å²) >= 11 is 0. The molecule has 1 amide bonds. The van der Waals surface area contributed by atoms with E-state index >= 15 is 0 Å². The second-order valence-corrected chi connectivity index (χ2v) is 3.16. The molecule has 0 atom stereocenters. The number of hydroxylamine groups is 1. The van der Waals surface area contributed by atoms with E-state index in [2.05, 4.69) is 5.48 Å². The van der Waals surface area contributed by atoms with E-state index in [0.717, 1.165) is 5.56 Å². The number of rotatable bonds is 3. The lowest BCUT2D eigenvalue weighted by atomic mass is 10.1. The summed E-state index contributed by atoms with van der Waals surface area (Å²) in [5, 5.41) is 0. The van der Waals surface area contributed by atoms with Crippen molar-refractivity contribution >= 4 is 5.91 Å². The molecule has 0 aliphatic rings. The van der Waals surface area contributed by atoms with Crippen LogP contribution in [0.15, 0.2) is 18.2 Å². The number of benzene rings is 1. The Hall–Kier alpha value is -1.35. The van der Waals surface area contributed by atoms with Crippen LogP contribution in [0.5, 0.6) is 0 Å². The van der Waals surface area contributed by atoms with E-state index in [1.807, 2.05) is 32.9 Å². The van der Waals surface area contributed by atoms with E-state index in [4.69, 9.17) is 4.84 Å². The van der Waals surface area contributed by atoms with E-state index in [0.29, 0.717) is 12.2 Å². The molecule has 0 saturated heterocycles. The first kappa shape index (κ1) is 10.7. The Morgan fingerprint density at radius 1 is 1.36 bits per heavy atom. The molecule has 0 aromatic heterocycles. The first-order valence-electron chi connectivity index (χ1n) is 4.64. The molecular formula is C11H15NO2. The van der Waals surface area contributed by atoms with Crippen molar-refractivity contribution in [2.75, 3.05) is 6.61 Å². The molecular weight excluding hydrogens is 178 g/mol. The maximum Gasteiger partial charge on any atom is 0.274 e. The summed E-state index contributed by atoms with van der Waals surface area (Å²) in [6.45, 7) is 6.28. The Kier molecular flexibility index (Phi) is 3.65. The molecule has 3 heteroatoms. The van der Waals surface area contributed by atoms with Gasteiger partial charge in [0.25, 0.3) is 5.91 Å². The number of amides is 1. The molecule has 0 aliphatic carbocycles. The van der Waals surface area contributed by atoms with Gasteiger partial charge in [0.05, 0.1) is 6.61 Å². The lowest BCUT2D eigenvalue weighted by molar-refractivity contribution is 0.0364. The largest absolute Gasteiger partial charge is 0.274 e. The van der Waals surface area contributed by atoms with Crippen molar-refractivity contribution in [2.45, 2.75) is 20.8 Å². The van der Waals surface area contributed by atoms with Crippen LogP contribution in [0.1, 0.15) is 28.4 Å². The second kappa shape index (κ2) is 4.77. The van der Waals surface area contributed by atoms with Gasteiger partial charge >= 0.3 is 0 Å². The van der Waals surface area contributed by atoms with Gasteiger partial charge in [-0.1, -0.05) is 6.07 Å². The lowest BCUT2D eigenvalue weighted by Gasteiger charge is -2.05. The molecule has 1 N–H and O–H groups in total. The number of nitrogens with one attached hydrogen (secondary N) is 1. The summed E-state index contributed by atoms with van der Waals surface area (Å²) < 4.78 is 0. The summed E-state index contributed by atoms with van der Waals surface area (Å²) in [7, 11) is 0. The average Bonchev–Trinajstić information content (AvgIpc) is 2.18. The topological polar surface area (TPSA) is 38.3 Å². The predicted molar refractivity (Wildman–Crippen MR) is 55.0 cm³/mol. The monoisotopic (exact) mass is 193 g/mol. The average molecular weight is 193 g/mol. The Morgan fingerprint density at radius 3 is 2.64 bits per heavy atom. The number of hydrogen-bond donors (Lipinski definition) is 1. The minimum absolute atomic E-state index is 0.199. The molecule has 14 heavy (non-hydrogen) atoms. The van der Waals surface area contributed by atoms with Gasteiger partial charge in [-0.15, -0.1) is 0 Å². The third kappa shape index (κ3) is 2.57. The fraction of sp³-hybridized carbons (Fsp3) is 0.364. The molecule has 1 aromatic rings. The molecule has 0 unspecified atom stereocenters. The van der Waals surface area contributed by atoms with E-state index in [1.165, 1.54) is 5.56 Å². The molecule has 1 aromatic carbocycles. The van der Waals surface area contributed by atoms with Crippen molar-refractivity contribution in [3.05, 3.63) is 34.9 Å². The first-order chi connectivity index (χ1) is 6.65. The van der Waals surface area contributed by atoms with E-state index in [1.54, 1.807) is 6.07 Å². The molecule has 0 heterocycles. The fourth-order valence-corrected chi connectivity index (χ4v) is 1.08. The molecule has 1 rings (SSSR count). The van der Waals surface area contributed by atoms with Gasteiger partial charge in [-0.25, -0.2) is 5.48 Å². The summed E-state index contributed by atoms with van der Waals surface area (Å²) in [5.74, 6) is -0.199. The summed E-state index contributed by atoms with van der Waals surface area (Å²) in [6, 6.07) is 5.57. The zero-order valence-electron chi connectivity index (χ0n) is 8.76. The maximum absolute atomic E-state index is 11.4. The highest BCUT2D eigenvalue weighted by atomic mass is 16.6. The van der Waals surface area contributed by atoms with Gasteiger partial charge in [0.1, 0.15) is 0 Å². The third-order valence-corrected chi connectivity index (χ3v) is 2.08. The summed E-state index contributed by atoms with van der Waals surface area (Å²) in [6.07, 6.45) is 0. The van der Waals surface area contributed by atoms with Crippen molar-refractivity contribution in [1.82, 2.24) is 5.48 Å². The van der Waals surface area contributed by atoms with Gasteiger partial charge < -0.3 is 0 Å². The zero-order valence-corrected chi connectivity index (χ0v) is 8.76. The van der Waals surface area contributed by atoms with Crippen molar-refractivity contribution in [3.8, 4) is 0 Å². The van der Waals surface area contributed by atoms with Crippen LogP contribution in [-0.4, -0.2) is 12.5 Å². The van der Waals surface area contributed by atoms with E-state index < -0.39 is 0 Å². The second-order valence-electron chi connectivity index (χ2n) is 3.16. The molecule has 76 valence electrons. The van der Waals surface area contributed by atoms with Crippen molar-refractivity contribution in [2.24, 2.45) is 0 Å². The number of carbonyl (C=O) groups excluding carboxylic acids is 1. The predicted octanol–water partition coefficient (Wildman–Crippen LogP) is 1.98. The van der Waals surface area contributed by atoms with Crippen LogP contribution in [0.25, 0.3) is 0 Å². The Balaban J connectivity index is 2.76.